The molecule has 1 fully saturated rings. The highest BCUT2D eigenvalue weighted by Crippen LogP contribution is 2.38. The van der Waals surface area contributed by atoms with Crippen LogP contribution in [0.3, 0.4) is 0 Å². The number of nitrogens with one attached hydrogen (secondary N) is 1. The lowest BCUT2D eigenvalue weighted by Gasteiger charge is -2.36. The van der Waals surface area contributed by atoms with E-state index in [4.69, 9.17) is 21.1 Å². The Bertz CT molecular complexity index is 454. The summed E-state index contributed by atoms with van der Waals surface area (Å²) in [5.41, 5.74) is 0.926. The van der Waals surface area contributed by atoms with Crippen LogP contribution < -0.4 is 14.8 Å². The predicted molar refractivity (Wildman–Crippen MR) is 84.1 cm³/mol. The Kier molecular flexibility index (Phi) is 5.03. The normalized spacial score (nSPS) is 26.1. The van der Waals surface area contributed by atoms with Crippen LogP contribution in [0.5, 0.6) is 11.5 Å². The summed E-state index contributed by atoms with van der Waals surface area (Å²) in [5, 5.41) is 4.28. The van der Waals surface area contributed by atoms with Gasteiger partial charge in [-0.15, -0.1) is 0 Å². The van der Waals surface area contributed by atoms with Gasteiger partial charge in [-0.1, -0.05) is 31.9 Å². The summed E-state index contributed by atoms with van der Waals surface area (Å²) in [4.78, 5) is 0. The molecule has 1 saturated carbocycles. The van der Waals surface area contributed by atoms with Gasteiger partial charge in [0.05, 0.1) is 24.9 Å². The van der Waals surface area contributed by atoms with E-state index < -0.39 is 0 Å². The molecule has 2 unspecified atom stereocenters. The van der Waals surface area contributed by atoms with Crippen LogP contribution in [0.25, 0.3) is 0 Å². The standard InChI is InChI=1S/C16H24ClNO2/c1-10-6-5-7-11(2)16(10)18-13-9-15(20-4)14(19-3)8-12(13)17/h8-11,16,18H,5-7H2,1-4H3. The lowest BCUT2D eigenvalue weighted by atomic mass is 9.78. The second-order valence-corrected chi connectivity index (χ2v) is 6.15. The largest absolute Gasteiger partial charge is 0.493 e. The molecular weight excluding hydrogens is 274 g/mol. The second kappa shape index (κ2) is 6.57. The molecule has 20 heavy (non-hydrogen) atoms. The Balaban J connectivity index is 2.24. The quantitative estimate of drug-likeness (QED) is 0.881. The Hall–Kier alpha value is -1.09. The maximum absolute atomic E-state index is 6.35. The van der Waals surface area contributed by atoms with E-state index in [1.807, 2.05) is 6.07 Å². The van der Waals surface area contributed by atoms with Gasteiger partial charge in [-0.05, 0) is 24.7 Å². The van der Waals surface area contributed by atoms with Crippen LogP contribution in [0, 0.1) is 11.8 Å². The molecule has 1 aromatic rings. The van der Waals surface area contributed by atoms with Gasteiger partial charge in [0.1, 0.15) is 0 Å². The first-order valence-electron chi connectivity index (χ1n) is 7.24. The van der Waals surface area contributed by atoms with Crippen LogP contribution in [0.2, 0.25) is 5.02 Å². The number of methoxy groups -OCH3 is 2. The Morgan fingerprint density at radius 3 is 2.15 bits per heavy atom. The van der Waals surface area contributed by atoms with Crippen LogP contribution in [0.15, 0.2) is 12.1 Å². The lowest BCUT2D eigenvalue weighted by Crippen LogP contribution is -2.37. The topological polar surface area (TPSA) is 30.5 Å². The van der Waals surface area contributed by atoms with Gasteiger partial charge in [-0.25, -0.2) is 0 Å². The molecule has 0 amide bonds. The minimum Gasteiger partial charge on any atom is -0.493 e. The van der Waals surface area contributed by atoms with Crippen molar-refractivity contribution in [1.29, 1.82) is 0 Å². The second-order valence-electron chi connectivity index (χ2n) is 5.74. The van der Waals surface area contributed by atoms with Crippen molar-refractivity contribution in [1.82, 2.24) is 0 Å². The number of hydrogen-bond acceptors (Lipinski definition) is 3. The van der Waals surface area contributed by atoms with Crippen molar-refractivity contribution in [3.8, 4) is 11.5 Å². The summed E-state index contributed by atoms with van der Waals surface area (Å²) in [6, 6.07) is 4.19. The number of rotatable bonds is 4. The molecule has 0 aliphatic heterocycles. The van der Waals surface area contributed by atoms with E-state index >= 15 is 0 Å². The van der Waals surface area contributed by atoms with Crippen molar-refractivity contribution >= 4 is 17.3 Å². The van der Waals surface area contributed by atoms with Crippen molar-refractivity contribution in [3.05, 3.63) is 17.2 Å². The third-order valence-corrected chi connectivity index (χ3v) is 4.65. The molecule has 2 rings (SSSR count). The predicted octanol–water partition coefficient (Wildman–Crippen LogP) is 4.59. The number of anilines is 1. The summed E-state index contributed by atoms with van der Waals surface area (Å²) in [7, 11) is 3.26. The van der Waals surface area contributed by atoms with Gasteiger partial charge in [0.25, 0.3) is 0 Å². The number of hydrogen-bond donors (Lipinski definition) is 1. The van der Waals surface area contributed by atoms with Gasteiger partial charge in [0.15, 0.2) is 11.5 Å². The smallest absolute Gasteiger partial charge is 0.162 e. The zero-order chi connectivity index (χ0) is 14.7. The van der Waals surface area contributed by atoms with Crippen LogP contribution in [0.4, 0.5) is 5.69 Å². The van der Waals surface area contributed by atoms with E-state index in [1.54, 1.807) is 20.3 Å². The van der Waals surface area contributed by atoms with Crippen LogP contribution in [-0.2, 0) is 0 Å². The summed E-state index contributed by atoms with van der Waals surface area (Å²) in [5.74, 6) is 2.68. The first kappa shape index (κ1) is 15.3. The van der Waals surface area contributed by atoms with Crippen molar-refractivity contribution in [3.63, 3.8) is 0 Å². The summed E-state index contributed by atoms with van der Waals surface area (Å²) in [6.07, 6.45) is 3.86. The first-order chi connectivity index (χ1) is 9.56. The highest BCUT2D eigenvalue weighted by atomic mass is 35.5. The van der Waals surface area contributed by atoms with Crippen molar-refractivity contribution in [2.75, 3.05) is 19.5 Å². The van der Waals surface area contributed by atoms with E-state index in [-0.39, 0.29) is 0 Å². The molecular formula is C16H24ClNO2. The fraction of sp³-hybridized carbons (Fsp3) is 0.625. The van der Waals surface area contributed by atoms with Gasteiger partial charge in [-0.2, -0.15) is 0 Å². The van der Waals surface area contributed by atoms with Gasteiger partial charge in [0, 0.05) is 18.2 Å². The number of ether oxygens (including phenoxy) is 2. The summed E-state index contributed by atoms with van der Waals surface area (Å²) < 4.78 is 10.6. The average molecular weight is 298 g/mol. The minimum atomic E-state index is 0.458. The molecule has 1 aromatic carbocycles. The van der Waals surface area contributed by atoms with Gasteiger partial charge in [-0.3, -0.25) is 0 Å². The summed E-state index contributed by atoms with van der Waals surface area (Å²) in [6.45, 7) is 4.62. The SMILES string of the molecule is COc1cc(Cl)c(NC2C(C)CCCC2C)cc1OC. The molecule has 0 aromatic heterocycles. The molecule has 1 N–H and O–H groups in total. The molecule has 3 nitrogen and oxygen atoms in total. The molecule has 0 bridgehead atoms. The number of benzene rings is 1. The molecule has 1 aliphatic rings. The molecule has 0 spiro atoms. The lowest BCUT2D eigenvalue weighted by molar-refractivity contribution is 0.268. The van der Waals surface area contributed by atoms with E-state index in [0.717, 1.165) is 5.69 Å². The molecule has 2 atom stereocenters. The zero-order valence-corrected chi connectivity index (χ0v) is 13.5. The van der Waals surface area contributed by atoms with E-state index in [0.29, 0.717) is 34.4 Å². The fourth-order valence-electron chi connectivity index (χ4n) is 3.11. The van der Waals surface area contributed by atoms with Crippen molar-refractivity contribution in [2.45, 2.75) is 39.2 Å². The minimum absolute atomic E-state index is 0.458. The van der Waals surface area contributed by atoms with Crippen molar-refractivity contribution < 1.29 is 9.47 Å². The average Bonchev–Trinajstić information content (AvgIpc) is 2.44. The maximum Gasteiger partial charge on any atom is 0.162 e. The molecule has 112 valence electrons. The van der Waals surface area contributed by atoms with Crippen LogP contribution in [-0.4, -0.2) is 20.3 Å². The third kappa shape index (κ3) is 3.14. The Labute approximate surface area is 126 Å². The highest BCUT2D eigenvalue weighted by molar-refractivity contribution is 6.33. The van der Waals surface area contributed by atoms with Gasteiger partial charge >= 0.3 is 0 Å². The maximum atomic E-state index is 6.35. The molecule has 4 heteroatoms. The highest BCUT2D eigenvalue weighted by Gasteiger charge is 2.28. The molecule has 0 radical (unpaired) electrons. The van der Waals surface area contributed by atoms with Crippen LogP contribution in [0.1, 0.15) is 33.1 Å². The number of halogens is 1. The van der Waals surface area contributed by atoms with E-state index in [2.05, 4.69) is 19.2 Å². The van der Waals surface area contributed by atoms with Crippen LogP contribution >= 0.6 is 11.6 Å². The fourth-order valence-corrected chi connectivity index (χ4v) is 3.32. The summed E-state index contributed by atoms with van der Waals surface area (Å²) >= 11 is 6.35. The molecule has 0 heterocycles. The Morgan fingerprint density at radius 2 is 1.60 bits per heavy atom. The van der Waals surface area contributed by atoms with E-state index in [9.17, 15) is 0 Å². The Morgan fingerprint density at radius 1 is 1.05 bits per heavy atom. The van der Waals surface area contributed by atoms with Crippen molar-refractivity contribution in [2.24, 2.45) is 11.8 Å². The first-order valence-corrected chi connectivity index (χ1v) is 7.62. The molecule has 0 saturated heterocycles. The van der Waals surface area contributed by atoms with E-state index in [1.165, 1.54) is 19.3 Å². The zero-order valence-electron chi connectivity index (χ0n) is 12.7. The van der Waals surface area contributed by atoms with Gasteiger partial charge in [0.2, 0.25) is 0 Å². The molecule has 1 aliphatic carbocycles. The monoisotopic (exact) mass is 297 g/mol. The van der Waals surface area contributed by atoms with Gasteiger partial charge < -0.3 is 14.8 Å². The third-order valence-electron chi connectivity index (χ3n) is 4.34.